The van der Waals surface area contributed by atoms with Crippen molar-refractivity contribution in [2.24, 2.45) is 11.7 Å². The van der Waals surface area contributed by atoms with Gasteiger partial charge in [0.05, 0.1) is 5.25 Å². The fourth-order valence-corrected chi connectivity index (χ4v) is 3.58. The third-order valence-electron chi connectivity index (χ3n) is 3.76. The van der Waals surface area contributed by atoms with E-state index in [0.29, 0.717) is 11.7 Å². The molecule has 0 aliphatic rings. The van der Waals surface area contributed by atoms with Gasteiger partial charge >= 0.3 is 6.03 Å². The first-order chi connectivity index (χ1) is 11.8. The highest BCUT2D eigenvalue weighted by atomic mass is 32.2. The molecule has 1 aromatic carbocycles. The number of thioether (sulfide) groups is 1. The summed E-state index contributed by atoms with van der Waals surface area (Å²) in [6.07, 6.45) is 0. The minimum absolute atomic E-state index is 0.00623. The van der Waals surface area contributed by atoms with Gasteiger partial charge in [-0.2, -0.15) is 0 Å². The van der Waals surface area contributed by atoms with E-state index in [1.807, 2.05) is 56.5 Å². The van der Waals surface area contributed by atoms with Gasteiger partial charge in [0.2, 0.25) is 5.91 Å². The van der Waals surface area contributed by atoms with Crippen LogP contribution < -0.4 is 11.1 Å². The highest BCUT2D eigenvalue weighted by Crippen LogP contribution is 2.31. The molecule has 0 spiro atoms. The minimum Gasteiger partial charge on any atom is -0.351 e. The van der Waals surface area contributed by atoms with Crippen molar-refractivity contribution >= 4 is 23.7 Å². The summed E-state index contributed by atoms with van der Waals surface area (Å²) in [6.45, 7) is 8.51. The quantitative estimate of drug-likeness (QED) is 0.770. The second-order valence-electron chi connectivity index (χ2n) is 6.00. The van der Waals surface area contributed by atoms with Crippen LogP contribution in [0.15, 0.2) is 29.4 Å². The van der Waals surface area contributed by atoms with Crippen molar-refractivity contribution in [3.05, 3.63) is 29.8 Å². The van der Waals surface area contributed by atoms with Crippen LogP contribution in [-0.4, -0.2) is 32.0 Å². The Morgan fingerprint density at radius 1 is 1.28 bits per heavy atom. The Balaban J connectivity index is 2.35. The molecule has 1 heterocycles. The number of rotatable bonds is 6. The number of nitrogens with two attached hydrogens (primary N) is 1. The van der Waals surface area contributed by atoms with Crippen LogP contribution in [0, 0.1) is 12.8 Å². The molecular formula is C17H23N5O2S. The van der Waals surface area contributed by atoms with Crippen LogP contribution in [0.1, 0.15) is 26.3 Å². The van der Waals surface area contributed by atoms with E-state index in [9.17, 15) is 9.59 Å². The lowest BCUT2D eigenvalue weighted by Crippen LogP contribution is -2.42. The zero-order chi connectivity index (χ0) is 18.6. The van der Waals surface area contributed by atoms with E-state index in [1.54, 1.807) is 0 Å². The van der Waals surface area contributed by atoms with Gasteiger partial charge in [0, 0.05) is 12.1 Å². The number of aryl methyl sites for hydroxylation is 1. The van der Waals surface area contributed by atoms with Crippen molar-refractivity contribution in [1.82, 2.24) is 20.1 Å². The Morgan fingerprint density at radius 3 is 2.52 bits per heavy atom. The number of aromatic nitrogens is 3. The zero-order valence-electron chi connectivity index (χ0n) is 14.8. The first-order valence-electron chi connectivity index (χ1n) is 8.11. The second kappa shape index (κ2) is 8.15. The molecule has 2 rings (SSSR count). The van der Waals surface area contributed by atoms with Gasteiger partial charge in [0.1, 0.15) is 0 Å². The number of hydrogen-bond acceptors (Lipinski definition) is 5. The molecule has 0 fully saturated rings. The molecular weight excluding hydrogens is 338 g/mol. The first kappa shape index (κ1) is 19.0. The molecule has 0 saturated carbocycles. The van der Waals surface area contributed by atoms with Crippen molar-refractivity contribution in [1.29, 1.82) is 0 Å². The summed E-state index contributed by atoms with van der Waals surface area (Å²) in [5.41, 5.74) is 7.17. The molecule has 25 heavy (non-hydrogen) atoms. The number of carbonyl (C=O) groups excluding carboxylic acids is 2. The third-order valence-corrected chi connectivity index (χ3v) is 5.29. The first-order valence-corrected chi connectivity index (χ1v) is 8.99. The number of hydrogen-bond donors (Lipinski definition) is 2. The van der Waals surface area contributed by atoms with Crippen LogP contribution in [-0.2, 0) is 11.3 Å². The Bertz CT molecular complexity index is 772. The lowest BCUT2D eigenvalue weighted by Gasteiger charge is -2.18. The maximum Gasteiger partial charge on any atom is 0.318 e. The number of nitrogens with zero attached hydrogens (tertiary/aromatic N) is 3. The van der Waals surface area contributed by atoms with Crippen LogP contribution in [0.25, 0.3) is 11.4 Å². The monoisotopic (exact) mass is 361 g/mol. The Kier molecular flexibility index (Phi) is 6.19. The zero-order valence-corrected chi connectivity index (χ0v) is 15.6. The standard InChI is InChI=1S/C17H23N5O2S/c1-5-22-14(12-9-7-6-8-11(12)4)20-21-17(22)25-13(10(2)3)15(23)19-16(18)24/h6-10,13H,5H2,1-4H3,(H3,18,19,23,24). The lowest BCUT2D eigenvalue weighted by atomic mass is 10.1. The van der Waals surface area contributed by atoms with Crippen LogP contribution >= 0.6 is 11.8 Å². The van der Waals surface area contributed by atoms with E-state index in [-0.39, 0.29) is 5.92 Å². The van der Waals surface area contributed by atoms with Crippen molar-refractivity contribution in [2.45, 2.75) is 44.6 Å². The number of benzene rings is 1. The van der Waals surface area contributed by atoms with E-state index in [1.165, 1.54) is 11.8 Å². The van der Waals surface area contributed by atoms with Crippen LogP contribution in [0.3, 0.4) is 0 Å². The molecule has 2 aromatic rings. The molecule has 0 saturated heterocycles. The average Bonchev–Trinajstić information content (AvgIpc) is 2.94. The summed E-state index contributed by atoms with van der Waals surface area (Å²) in [5.74, 6) is 0.338. The van der Waals surface area contributed by atoms with Gasteiger partial charge in [-0.3, -0.25) is 10.1 Å². The second-order valence-corrected chi connectivity index (χ2v) is 7.11. The maximum absolute atomic E-state index is 12.2. The predicted molar refractivity (Wildman–Crippen MR) is 98.1 cm³/mol. The summed E-state index contributed by atoms with van der Waals surface area (Å²) < 4.78 is 1.97. The summed E-state index contributed by atoms with van der Waals surface area (Å²) in [7, 11) is 0. The van der Waals surface area contributed by atoms with E-state index in [2.05, 4.69) is 15.5 Å². The highest BCUT2D eigenvalue weighted by molar-refractivity contribution is 8.00. The van der Waals surface area contributed by atoms with Gasteiger partial charge in [0.25, 0.3) is 0 Å². The number of primary amides is 1. The Hall–Kier alpha value is -2.35. The minimum atomic E-state index is -0.853. The smallest absolute Gasteiger partial charge is 0.318 e. The van der Waals surface area contributed by atoms with E-state index in [0.717, 1.165) is 17.0 Å². The van der Waals surface area contributed by atoms with Crippen molar-refractivity contribution < 1.29 is 9.59 Å². The molecule has 1 unspecified atom stereocenters. The SMILES string of the molecule is CCn1c(SC(C(=O)NC(N)=O)C(C)C)nnc1-c1ccccc1C. The summed E-state index contributed by atoms with van der Waals surface area (Å²) in [6, 6.07) is 7.10. The van der Waals surface area contributed by atoms with Gasteiger partial charge in [-0.15, -0.1) is 10.2 Å². The largest absolute Gasteiger partial charge is 0.351 e. The molecule has 7 nitrogen and oxygen atoms in total. The average molecular weight is 361 g/mol. The molecule has 0 bridgehead atoms. The highest BCUT2D eigenvalue weighted by Gasteiger charge is 2.27. The van der Waals surface area contributed by atoms with Crippen molar-refractivity contribution in [2.75, 3.05) is 0 Å². The molecule has 0 aliphatic heterocycles. The molecule has 1 aromatic heterocycles. The third kappa shape index (κ3) is 4.39. The number of carbonyl (C=O) groups is 2. The fourth-order valence-electron chi connectivity index (χ4n) is 2.48. The molecule has 3 amide bonds. The van der Waals surface area contributed by atoms with E-state index >= 15 is 0 Å². The predicted octanol–water partition coefficient (Wildman–Crippen LogP) is 2.59. The number of imide groups is 1. The summed E-state index contributed by atoms with van der Waals surface area (Å²) >= 11 is 1.29. The van der Waals surface area contributed by atoms with Crippen molar-refractivity contribution in [3.8, 4) is 11.4 Å². The maximum atomic E-state index is 12.2. The molecule has 134 valence electrons. The Morgan fingerprint density at radius 2 is 1.96 bits per heavy atom. The van der Waals surface area contributed by atoms with Gasteiger partial charge in [-0.1, -0.05) is 49.9 Å². The van der Waals surface area contributed by atoms with Gasteiger partial charge in [-0.25, -0.2) is 4.79 Å². The summed E-state index contributed by atoms with van der Waals surface area (Å²) in [4.78, 5) is 23.2. The number of nitrogens with one attached hydrogen (secondary N) is 1. The fraction of sp³-hybridized carbons (Fsp3) is 0.412. The van der Waals surface area contributed by atoms with Crippen LogP contribution in [0.2, 0.25) is 0 Å². The molecule has 1 atom stereocenters. The molecule has 8 heteroatoms. The van der Waals surface area contributed by atoms with Crippen LogP contribution in [0.4, 0.5) is 4.79 Å². The lowest BCUT2D eigenvalue weighted by molar-refractivity contribution is -0.120. The molecule has 0 radical (unpaired) electrons. The Labute approximate surface area is 151 Å². The molecule has 3 N–H and O–H groups in total. The van der Waals surface area contributed by atoms with Gasteiger partial charge < -0.3 is 10.3 Å². The summed E-state index contributed by atoms with van der Waals surface area (Å²) in [5, 5.41) is 10.9. The number of amides is 3. The topological polar surface area (TPSA) is 103 Å². The van der Waals surface area contributed by atoms with E-state index < -0.39 is 17.2 Å². The molecule has 0 aliphatic carbocycles. The van der Waals surface area contributed by atoms with Gasteiger partial charge in [0.15, 0.2) is 11.0 Å². The number of urea groups is 1. The normalized spacial score (nSPS) is 12.2. The van der Waals surface area contributed by atoms with Crippen LogP contribution in [0.5, 0.6) is 0 Å². The van der Waals surface area contributed by atoms with E-state index in [4.69, 9.17) is 5.73 Å². The van der Waals surface area contributed by atoms with Crippen molar-refractivity contribution in [3.63, 3.8) is 0 Å². The van der Waals surface area contributed by atoms with Gasteiger partial charge in [-0.05, 0) is 25.3 Å².